The lowest BCUT2D eigenvalue weighted by Crippen LogP contribution is -2.47. The predicted molar refractivity (Wildman–Crippen MR) is 117 cm³/mol. The summed E-state index contributed by atoms with van der Waals surface area (Å²) in [6.07, 6.45) is -0.620. The molecule has 2 rings (SSSR count). The van der Waals surface area contributed by atoms with Gasteiger partial charge in [0.05, 0.1) is 16.4 Å². The number of amides is 2. The van der Waals surface area contributed by atoms with E-state index in [9.17, 15) is 14.4 Å². The van der Waals surface area contributed by atoms with Gasteiger partial charge in [-0.05, 0) is 53.7 Å². The first-order valence-corrected chi connectivity index (χ1v) is 10.6. The van der Waals surface area contributed by atoms with E-state index in [2.05, 4.69) is 15.3 Å². The van der Waals surface area contributed by atoms with Crippen LogP contribution in [0.5, 0.6) is 0 Å². The van der Waals surface area contributed by atoms with E-state index in [1.165, 1.54) is 17.4 Å². The van der Waals surface area contributed by atoms with Crippen LogP contribution in [0.4, 0.5) is 4.79 Å². The fraction of sp³-hybridized carbons (Fsp3) is 0.476. The quantitative estimate of drug-likeness (QED) is 0.649. The van der Waals surface area contributed by atoms with Gasteiger partial charge in [-0.15, -0.1) is 11.3 Å². The first-order chi connectivity index (χ1) is 14.2. The van der Waals surface area contributed by atoms with Crippen molar-refractivity contribution in [2.24, 2.45) is 5.73 Å². The average Bonchev–Trinajstić information content (AvgIpc) is 3.07. The predicted octanol–water partition coefficient (Wildman–Crippen LogP) is 3.08. The van der Waals surface area contributed by atoms with Crippen molar-refractivity contribution in [1.82, 2.24) is 15.3 Å². The van der Waals surface area contributed by atoms with Crippen molar-refractivity contribution in [1.29, 1.82) is 0 Å². The lowest BCUT2D eigenvalue weighted by Gasteiger charge is -2.26. The molecular formula is C21H28N4O5S. The van der Waals surface area contributed by atoms with Gasteiger partial charge in [0.15, 0.2) is 0 Å². The number of hydrogen-bond acceptors (Lipinski definition) is 8. The number of pyridine rings is 1. The second-order valence-corrected chi connectivity index (χ2v) is 9.78. The van der Waals surface area contributed by atoms with Gasteiger partial charge >= 0.3 is 12.1 Å². The molecule has 31 heavy (non-hydrogen) atoms. The first-order valence-electron chi connectivity index (χ1n) is 9.67. The van der Waals surface area contributed by atoms with Gasteiger partial charge in [-0.3, -0.25) is 4.79 Å². The van der Waals surface area contributed by atoms with Gasteiger partial charge in [0.25, 0.3) is 5.91 Å². The maximum atomic E-state index is 12.7. The van der Waals surface area contributed by atoms with Crippen LogP contribution >= 0.6 is 11.3 Å². The zero-order valence-corrected chi connectivity index (χ0v) is 19.3. The summed E-state index contributed by atoms with van der Waals surface area (Å²) in [4.78, 5) is 45.0. The van der Waals surface area contributed by atoms with Gasteiger partial charge in [-0.2, -0.15) is 0 Å². The monoisotopic (exact) mass is 448 g/mol. The Labute approximate surface area is 185 Å². The molecule has 0 fully saturated rings. The van der Waals surface area contributed by atoms with Crippen molar-refractivity contribution in [3.63, 3.8) is 0 Å². The number of carbonyl (C=O) groups excluding carboxylic acids is 3. The van der Waals surface area contributed by atoms with Crippen LogP contribution in [0.2, 0.25) is 0 Å². The van der Waals surface area contributed by atoms with Crippen molar-refractivity contribution in [3.05, 3.63) is 34.3 Å². The van der Waals surface area contributed by atoms with E-state index < -0.39 is 35.2 Å². The second-order valence-electron chi connectivity index (χ2n) is 8.84. The molecular weight excluding hydrogens is 420 g/mol. The van der Waals surface area contributed by atoms with Gasteiger partial charge in [-0.1, -0.05) is 6.07 Å². The van der Waals surface area contributed by atoms with Gasteiger partial charge in [0, 0.05) is 11.8 Å². The smallest absolute Gasteiger partial charge is 0.408 e. The molecule has 2 aromatic rings. The third-order valence-electron chi connectivity index (χ3n) is 3.58. The van der Waals surface area contributed by atoms with E-state index in [1.54, 1.807) is 59.1 Å². The number of aromatic nitrogens is 2. The molecule has 0 aliphatic carbocycles. The van der Waals surface area contributed by atoms with Crippen LogP contribution in [0.25, 0.3) is 11.4 Å². The Morgan fingerprint density at radius 1 is 1.03 bits per heavy atom. The molecule has 0 bridgehead atoms. The number of nitrogens with zero attached hydrogens (tertiary/aromatic N) is 2. The van der Waals surface area contributed by atoms with Crippen molar-refractivity contribution in [2.75, 3.05) is 0 Å². The minimum Gasteiger partial charge on any atom is -0.458 e. The Bertz CT molecular complexity index is 959. The number of primary amides is 1. The molecule has 0 aliphatic rings. The molecule has 9 nitrogen and oxygen atoms in total. The topological polar surface area (TPSA) is 134 Å². The number of alkyl carbamates (subject to hydrolysis) is 1. The van der Waals surface area contributed by atoms with E-state index >= 15 is 0 Å². The summed E-state index contributed by atoms with van der Waals surface area (Å²) in [7, 11) is 0. The van der Waals surface area contributed by atoms with Crippen molar-refractivity contribution in [3.8, 4) is 11.4 Å². The Morgan fingerprint density at radius 2 is 1.68 bits per heavy atom. The molecule has 2 aromatic heterocycles. The minimum atomic E-state index is -0.988. The number of nitrogens with two attached hydrogens (primary N) is 1. The molecule has 0 radical (unpaired) electrons. The molecule has 1 atom stereocenters. The van der Waals surface area contributed by atoms with Crippen LogP contribution in [0.15, 0.2) is 23.6 Å². The van der Waals surface area contributed by atoms with Gasteiger partial charge in [0.2, 0.25) is 0 Å². The number of carbonyl (C=O) groups is 3. The molecule has 10 heteroatoms. The summed E-state index contributed by atoms with van der Waals surface area (Å²) in [6, 6.07) is 3.89. The molecule has 168 valence electrons. The SMILES string of the molecule is CC(C)(C)OC(=O)N[C@@H](Cc1nc(-c2cccc(C(N)=O)n2)cs1)C(=O)OC(C)(C)C. The molecule has 2 heterocycles. The highest BCUT2D eigenvalue weighted by molar-refractivity contribution is 7.10. The first kappa shape index (κ1) is 24.3. The molecule has 0 saturated heterocycles. The third-order valence-corrected chi connectivity index (χ3v) is 4.45. The summed E-state index contributed by atoms with van der Waals surface area (Å²) < 4.78 is 10.7. The molecule has 3 N–H and O–H groups in total. The van der Waals surface area contributed by atoms with E-state index in [4.69, 9.17) is 15.2 Å². The Morgan fingerprint density at radius 3 is 2.26 bits per heavy atom. The molecule has 0 spiro atoms. The zero-order valence-electron chi connectivity index (χ0n) is 18.5. The van der Waals surface area contributed by atoms with Crippen LogP contribution in [-0.4, -0.2) is 45.2 Å². The number of esters is 1. The highest BCUT2D eigenvalue weighted by Crippen LogP contribution is 2.22. The van der Waals surface area contributed by atoms with Crippen LogP contribution in [-0.2, 0) is 20.7 Å². The zero-order chi connectivity index (χ0) is 23.4. The number of thiazole rings is 1. The largest absolute Gasteiger partial charge is 0.458 e. The van der Waals surface area contributed by atoms with E-state index in [0.717, 1.165) is 0 Å². The standard InChI is InChI=1S/C21H28N4O5S/c1-20(2,3)29-18(27)14(25-19(28)30-21(4,5)6)10-16-24-15(11-31-16)12-8-7-9-13(23-12)17(22)26/h7-9,11,14H,10H2,1-6H3,(H2,22,26)(H,25,28)/t14-/m0/s1. The van der Waals surface area contributed by atoms with Crippen LogP contribution in [0, 0.1) is 0 Å². The number of nitrogens with one attached hydrogen (secondary N) is 1. The molecule has 2 amide bonds. The Hall–Kier alpha value is -3.01. The average molecular weight is 449 g/mol. The molecule has 0 aromatic carbocycles. The third kappa shape index (κ3) is 7.97. The van der Waals surface area contributed by atoms with Crippen LogP contribution in [0.1, 0.15) is 57.0 Å². The van der Waals surface area contributed by atoms with Crippen molar-refractivity contribution >= 4 is 29.3 Å². The fourth-order valence-corrected chi connectivity index (χ4v) is 3.26. The second kappa shape index (κ2) is 9.42. The molecule has 0 aliphatic heterocycles. The van der Waals surface area contributed by atoms with Crippen molar-refractivity contribution < 1.29 is 23.9 Å². The lowest BCUT2D eigenvalue weighted by atomic mass is 10.1. The highest BCUT2D eigenvalue weighted by Gasteiger charge is 2.30. The summed E-state index contributed by atoms with van der Waals surface area (Å²) in [5.41, 5.74) is 4.98. The van der Waals surface area contributed by atoms with Gasteiger partial charge in [-0.25, -0.2) is 19.6 Å². The maximum absolute atomic E-state index is 12.7. The Balaban J connectivity index is 2.22. The highest BCUT2D eigenvalue weighted by atomic mass is 32.1. The van der Waals surface area contributed by atoms with E-state index in [1.807, 2.05) is 0 Å². The molecule has 0 unspecified atom stereocenters. The van der Waals surface area contributed by atoms with Crippen LogP contribution in [0.3, 0.4) is 0 Å². The summed E-state index contributed by atoms with van der Waals surface area (Å²) in [6.45, 7) is 10.4. The lowest BCUT2D eigenvalue weighted by molar-refractivity contribution is -0.157. The summed E-state index contributed by atoms with van der Waals surface area (Å²) in [5, 5.41) is 4.90. The minimum absolute atomic E-state index is 0.105. The number of hydrogen-bond donors (Lipinski definition) is 2. The summed E-state index contributed by atoms with van der Waals surface area (Å²) in [5.74, 6) is -1.23. The van der Waals surface area contributed by atoms with Gasteiger partial charge < -0.3 is 20.5 Å². The fourth-order valence-electron chi connectivity index (χ4n) is 2.43. The van der Waals surface area contributed by atoms with Crippen molar-refractivity contribution in [2.45, 2.75) is 65.2 Å². The van der Waals surface area contributed by atoms with E-state index in [0.29, 0.717) is 16.4 Å². The maximum Gasteiger partial charge on any atom is 0.408 e. The summed E-state index contributed by atoms with van der Waals surface area (Å²) >= 11 is 1.30. The molecule has 0 saturated carbocycles. The van der Waals surface area contributed by atoms with Crippen LogP contribution < -0.4 is 11.1 Å². The Kier molecular flexibility index (Phi) is 7.37. The van der Waals surface area contributed by atoms with Gasteiger partial charge in [0.1, 0.15) is 22.9 Å². The number of ether oxygens (including phenoxy) is 2. The number of rotatable bonds is 6. The van der Waals surface area contributed by atoms with E-state index in [-0.39, 0.29) is 12.1 Å². The normalized spacial score (nSPS) is 12.7.